The molecule has 2 rings (SSSR count). The number of aromatic nitrogens is 1. The van der Waals surface area contributed by atoms with Gasteiger partial charge >= 0.3 is 0 Å². The summed E-state index contributed by atoms with van der Waals surface area (Å²) in [6.07, 6.45) is 6.78. The summed E-state index contributed by atoms with van der Waals surface area (Å²) in [5, 5.41) is 1.96. The number of nitrogens with zero attached hydrogens (tertiary/aromatic N) is 2. The van der Waals surface area contributed by atoms with E-state index in [2.05, 4.69) is 10.9 Å². The number of pyridine rings is 1. The van der Waals surface area contributed by atoms with Crippen molar-refractivity contribution in [2.24, 2.45) is 0 Å². The van der Waals surface area contributed by atoms with Crippen molar-refractivity contribution in [1.29, 1.82) is 0 Å². The van der Waals surface area contributed by atoms with Crippen LogP contribution in [0.5, 0.6) is 0 Å². The summed E-state index contributed by atoms with van der Waals surface area (Å²) in [7, 11) is 0. The van der Waals surface area contributed by atoms with Crippen LogP contribution in [-0.2, 0) is 0 Å². The van der Waals surface area contributed by atoms with E-state index >= 15 is 0 Å². The van der Waals surface area contributed by atoms with E-state index in [4.69, 9.17) is 18.0 Å². The van der Waals surface area contributed by atoms with Gasteiger partial charge in [0.15, 0.2) is 0 Å². The van der Waals surface area contributed by atoms with Gasteiger partial charge in [-0.25, -0.2) is 4.98 Å². The number of fused-ring (bicyclic) bond motifs is 1. The highest BCUT2D eigenvalue weighted by molar-refractivity contribution is 6.34. The van der Waals surface area contributed by atoms with E-state index in [1.165, 1.54) is 6.20 Å². The summed E-state index contributed by atoms with van der Waals surface area (Å²) in [6, 6.07) is 7.44. The Hall–Kier alpha value is -2.05. The summed E-state index contributed by atoms with van der Waals surface area (Å²) in [5.41, 5.74) is 0.525. The van der Waals surface area contributed by atoms with Crippen LogP contribution in [0.25, 0.3) is 10.8 Å². The lowest BCUT2D eigenvalue weighted by Crippen LogP contribution is -2.31. The van der Waals surface area contributed by atoms with E-state index in [1.807, 2.05) is 31.2 Å². The van der Waals surface area contributed by atoms with E-state index in [-0.39, 0.29) is 12.5 Å². The van der Waals surface area contributed by atoms with Crippen LogP contribution >= 0.6 is 11.6 Å². The molecule has 0 saturated heterocycles. The van der Waals surface area contributed by atoms with E-state index in [0.29, 0.717) is 17.3 Å². The Morgan fingerprint density at radius 1 is 1.42 bits per heavy atom. The fourth-order valence-electron chi connectivity index (χ4n) is 1.94. The van der Waals surface area contributed by atoms with Gasteiger partial charge in [0, 0.05) is 18.1 Å². The Bertz CT molecular complexity index is 661. The van der Waals surface area contributed by atoms with Crippen molar-refractivity contribution in [2.75, 3.05) is 13.1 Å². The lowest BCUT2D eigenvalue weighted by Gasteiger charge is -2.18. The van der Waals surface area contributed by atoms with Crippen LogP contribution in [-0.4, -0.2) is 28.9 Å². The van der Waals surface area contributed by atoms with E-state index in [1.54, 1.807) is 4.90 Å². The lowest BCUT2D eigenvalue weighted by atomic mass is 10.1. The molecule has 1 aromatic carbocycles. The third kappa shape index (κ3) is 2.54. The SMILES string of the molecule is C#CCN(CC)C(=O)c1cnc(Cl)c2ccccc12. The van der Waals surface area contributed by atoms with Crippen LogP contribution < -0.4 is 0 Å². The summed E-state index contributed by atoms with van der Waals surface area (Å²) in [5.74, 6) is 2.36. The van der Waals surface area contributed by atoms with Crippen LogP contribution in [0, 0.1) is 12.3 Å². The first kappa shape index (κ1) is 13.4. The summed E-state index contributed by atoms with van der Waals surface area (Å²) < 4.78 is 0. The van der Waals surface area contributed by atoms with Gasteiger partial charge < -0.3 is 4.90 Å². The maximum atomic E-state index is 12.4. The Morgan fingerprint density at radius 2 is 2.11 bits per heavy atom. The molecule has 1 heterocycles. The van der Waals surface area contributed by atoms with Crippen molar-refractivity contribution in [3.05, 3.63) is 41.2 Å². The fraction of sp³-hybridized carbons (Fsp3) is 0.200. The minimum atomic E-state index is -0.124. The molecule has 0 unspecified atom stereocenters. The normalized spacial score (nSPS) is 10.2. The molecule has 0 atom stereocenters. The molecule has 0 saturated carbocycles. The first-order chi connectivity index (χ1) is 9.19. The molecule has 0 aliphatic carbocycles. The van der Waals surface area contributed by atoms with Gasteiger partial charge in [-0.3, -0.25) is 4.79 Å². The van der Waals surface area contributed by atoms with Gasteiger partial charge in [0.2, 0.25) is 0 Å². The molecule has 0 fully saturated rings. The first-order valence-electron chi connectivity index (χ1n) is 5.95. The van der Waals surface area contributed by atoms with Crippen molar-refractivity contribution < 1.29 is 4.79 Å². The van der Waals surface area contributed by atoms with Gasteiger partial charge in [-0.1, -0.05) is 41.8 Å². The highest BCUT2D eigenvalue weighted by Crippen LogP contribution is 2.24. The lowest BCUT2D eigenvalue weighted by molar-refractivity contribution is 0.0786. The molecule has 1 amide bonds. The fourth-order valence-corrected chi connectivity index (χ4v) is 2.15. The zero-order chi connectivity index (χ0) is 13.8. The minimum Gasteiger partial charge on any atom is -0.328 e. The molecule has 0 spiro atoms. The Balaban J connectivity index is 2.54. The van der Waals surface area contributed by atoms with Crippen molar-refractivity contribution in [2.45, 2.75) is 6.92 Å². The van der Waals surface area contributed by atoms with E-state index in [9.17, 15) is 4.79 Å². The van der Waals surface area contributed by atoms with Crippen molar-refractivity contribution in [3.63, 3.8) is 0 Å². The molecule has 3 nitrogen and oxygen atoms in total. The summed E-state index contributed by atoms with van der Waals surface area (Å²) in [6.45, 7) is 2.73. The average Bonchev–Trinajstić information content (AvgIpc) is 2.45. The van der Waals surface area contributed by atoms with Crippen LogP contribution in [0.2, 0.25) is 5.15 Å². The van der Waals surface area contributed by atoms with Gasteiger partial charge in [-0.2, -0.15) is 0 Å². The molecule has 0 N–H and O–H groups in total. The Kier molecular flexibility index (Phi) is 4.03. The largest absolute Gasteiger partial charge is 0.328 e. The monoisotopic (exact) mass is 272 g/mol. The van der Waals surface area contributed by atoms with E-state index < -0.39 is 0 Å². The van der Waals surface area contributed by atoms with Crippen LogP contribution in [0.3, 0.4) is 0 Å². The number of hydrogen-bond donors (Lipinski definition) is 0. The van der Waals surface area contributed by atoms with Gasteiger partial charge in [-0.05, 0) is 12.3 Å². The van der Waals surface area contributed by atoms with Crippen molar-refractivity contribution >= 4 is 28.3 Å². The molecule has 2 aromatic rings. The predicted octanol–water partition coefficient (Wildman–Crippen LogP) is 2.98. The standard InChI is InChI=1S/C15H13ClN2O/c1-3-9-18(4-2)15(19)13-10-17-14(16)12-8-6-5-7-11(12)13/h1,5-8,10H,4,9H2,2H3. The summed E-state index contributed by atoms with van der Waals surface area (Å²) in [4.78, 5) is 18.1. The minimum absolute atomic E-state index is 0.124. The van der Waals surface area contributed by atoms with Crippen LogP contribution in [0.4, 0.5) is 0 Å². The zero-order valence-corrected chi connectivity index (χ0v) is 11.3. The second-order valence-corrected chi connectivity index (χ2v) is 4.39. The number of terminal acetylenes is 1. The molecule has 96 valence electrons. The molecule has 0 bridgehead atoms. The molecule has 0 radical (unpaired) electrons. The van der Waals surface area contributed by atoms with Crippen molar-refractivity contribution in [3.8, 4) is 12.3 Å². The number of rotatable bonds is 3. The Morgan fingerprint density at radius 3 is 2.74 bits per heavy atom. The zero-order valence-electron chi connectivity index (χ0n) is 10.6. The third-order valence-corrected chi connectivity index (χ3v) is 3.23. The molecule has 1 aromatic heterocycles. The van der Waals surface area contributed by atoms with Gasteiger partial charge in [0.05, 0.1) is 12.1 Å². The van der Waals surface area contributed by atoms with Gasteiger partial charge in [-0.15, -0.1) is 6.42 Å². The van der Waals surface area contributed by atoms with Crippen LogP contribution in [0.1, 0.15) is 17.3 Å². The molecular weight excluding hydrogens is 260 g/mol. The highest BCUT2D eigenvalue weighted by atomic mass is 35.5. The number of carbonyl (C=O) groups is 1. The Labute approximate surface area is 117 Å². The maximum absolute atomic E-state index is 12.4. The number of hydrogen-bond acceptors (Lipinski definition) is 2. The second-order valence-electron chi connectivity index (χ2n) is 4.03. The number of carbonyl (C=O) groups excluding carboxylic acids is 1. The number of amides is 1. The number of benzene rings is 1. The third-order valence-electron chi connectivity index (χ3n) is 2.93. The predicted molar refractivity (Wildman–Crippen MR) is 77.2 cm³/mol. The molecule has 0 aliphatic heterocycles. The van der Waals surface area contributed by atoms with Crippen LogP contribution in [0.15, 0.2) is 30.5 Å². The highest BCUT2D eigenvalue weighted by Gasteiger charge is 2.17. The van der Waals surface area contributed by atoms with Gasteiger partial charge in [0.25, 0.3) is 5.91 Å². The average molecular weight is 273 g/mol. The summed E-state index contributed by atoms with van der Waals surface area (Å²) >= 11 is 6.04. The topological polar surface area (TPSA) is 33.2 Å². The first-order valence-corrected chi connectivity index (χ1v) is 6.32. The second kappa shape index (κ2) is 5.73. The van der Waals surface area contributed by atoms with Crippen molar-refractivity contribution in [1.82, 2.24) is 9.88 Å². The quantitative estimate of drug-likeness (QED) is 0.636. The maximum Gasteiger partial charge on any atom is 0.256 e. The molecule has 4 heteroatoms. The smallest absolute Gasteiger partial charge is 0.256 e. The molecular formula is C15H13ClN2O. The van der Waals surface area contributed by atoms with Gasteiger partial charge in [0.1, 0.15) is 5.15 Å². The molecule has 19 heavy (non-hydrogen) atoms. The molecule has 0 aliphatic rings. The number of halogens is 1. The van der Waals surface area contributed by atoms with E-state index in [0.717, 1.165) is 10.8 Å².